The number of hydrogen-bond acceptors (Lipinski definition) is 7. The highest BCUT2D eigenvalue weighted by Crippen LogP contribution is 2.21. The number of hydrogen-bond donors (Lipinski definition) is 0. The summed E-state index contributed by atoms with van der Waals surface area (Å²) in [6, 6.07) is 2.12. The predicted molar refractivity (Wildman–Crippen MR) is 168 cm³/mol. The second kappa shape index (κ2) is 25.2. The zero-order chi connectivity index (χ0) is 37.5. The number of rotatable bonds is 16. The van der Waals surface area contributed by atoms with Crippen molar-refractivity contribution in [1.29, 1.82) is 0 Å². The van der Waals surface area contributed by atoms with Crippen molar-refractivity contribution >= 4 is 32.3 Å². The highest BCUT2D eigenvalue weighted by molar-refractivity contribution is 7.86. The van der Waals surface area contributed by atoms with Crippen LogP contribution in [0.15, 0.2) is 0 Å². The fourth-order valence-corrected chi connectivity index (χ4v) is 3.73. The summed E-state index contributed by atoms with van der Waals surface area (Å²) < 4.78 is 130. The van der Waals surface area contributed by atoms with Crippen LogP contribution in [-0.2, 0) is 25.0 Å². The Bertz CT molecular complexity index is 1000. The number of halogens is 6. The normalized spacial score (nSPS) is 11.8. The van der Waals surface area contributed by atoms with Gasteiger partial charge in [0, 0.05) is 0 Å². The third kappa shape index (κ3) is 21.7. The molecule has 0 N–H and O–H groups in total. The highest BCUT2D eigenvalue weighted by atomic mass is 32.2. The SMILES string of the molecule is CCCC[N+](CCCC)=C(OC(N(CC)CC)=[N+](CCCC)CCCC)N(CC)CC.O=S(=O)([O-])C(F)(F)F.O=S(=O)([O-])C(F)(F)F. The maximum absolute atomic E-state index is 10.7. The van der Waals surface area contributed by atoms with E-state index in [1.165, 1.54) is 51.4 Å². The van der Waals surface area contributed by atoms with Crippen LogP contribution in [0.4, 0.5) is 26.3 Å². The Morgan fingerprint density at radius 3 is 0.851 bits per heavy atom. The molecule has 19 heteroatoms. The minimum atomic E-state index is -6.09. The highest BCUT2D eigenvalue weighted by Gasteiger charge is 2.37. The minimum absolute atomic E-state index is 0.968. The van der Waals surface area contributed by atoms with Crippen LogP contribution < -0.4 is 0 Å². The first kappa shape index (κ1) is 49.5. The number of unbranched alkanes of at least 4 members (excludes halogenated alkanes) is 4. The molecular formula is C28H56F6N4O7S2. The van der Waals surface area contributed by atoms with E-state index in [2.05, 4.69) is 74.3 Å². The number of alkyl halides is 6. The fourth-order valence-electron chi connectivity index (χ4n) is 3.73. The van der Waals surface area contributed by atoms with Gasteiger partial charge in [0.15, 0.2) is 20.2 Å². The maximum Gasteiger partial charge on any atom is 0.485 e. The number of nitrogens with zero attached hydrogens (tertiary/aromatic N) is 4. The van der Waals surface area contributed by atoms with E-state index < -0.39 is 31.3 Å². The monoisotopic (exact) mass is 738 g/mol. The molecule has 0 saturated carbocycles. The standard InChI is InChI=1S/C26H56N4O.2CHF3O3S/c1-9-17-21-29(22-18-10-2)25(27(13-5)14-6)31-26(28(15-7)16-8)30(23-19-11-3)24-20-12-4;2*2-1(3,4)8(5,6)7/h9-24H2,1-8H3;2*(H,5,6,7)/q+2;;/p-2. The topological polar surface area (TPSA) is 136 Å². The average Bonchev–Trinajstić information content (AvgIpc) is 2.96. The molecule has 0 spiro atoms. The van der Waals surface area contributed by atoms with Crippen molar-refractivity contribution in [1.82, 2.24) is 9.80 Å². The van der Waals surface area contributed by atoms with E-state index in [0.717, 1.165) is 64.4 Å². The Morgan fingerprint density at radius 2 is 0.723 bits per heavy atom. The molecule has 284 valence electrons. The first-order chi connectivity index (χ1) is 21.6. The van der Waals surface area contributed by atoms with E-state index in [-0.39, 0.29) is 0 Å². The van der Waals surface area contributed by atoms with E-state index >= 15 is 0 Å². The largest absolute Gasteiger partial charge is 0.741 e. The van der Waals surface area contributed by atoms with Crippen LogP contribution in [0.5, 0.6) is 0 Å². The quantitative estimate of drug-likeness (QED) is 0.0486. The third-order valence-electron chi connectivity index (χ3n) is 6.48. The van der Waals surface area contributed by atoms with Gasteiger partial charge in [-0.1, -0.05) is 53.4 Å². The lowest BCUT2D eigenvalue weighted by atomic mass is 10.3. The molecule has 0 saturated heterocycles. The van der Waals surface area contributed by atoms with Crippen molar-refractivity contribution in [3.05, 3.63) is 0 Å². The first-order valence-corrected chi connectivity index (χ1v) is 18.8. The number of ether oxygens (including phenoxy) is 1. The van der Waals surface area contributed by atoms with E-state index in [9.17, 15) is 26.3 Å². The Kier molecular flexibility index (Phi) is 26.5. The molecule has 0 heterocycles. The third-order valence-corrected chi connectivity index (χ3v) is 7.62. The van der Waals surface area contributed by atoms with Crippen LogP contribution >= 0.6 is 0 Å². The molecule has 0 atom stereocenters. The summed E-state index contributed by atoms with van der Waals surface area (Å²) in [5.74, 6) is 0. The Hall–Kier alpha value is -1.86. The molecule has 0 aromatic carbocycles. The first-order valence-electron chi connectivity index (χ1n) is 16.0. The molecular weight excluding hydrogens is 682 g/mol. The lowest BCUT2D eigenvalue weighted by Gasteiger charge is -2.24. The minimum Gasteiger partial charge on any atom is -0.741 e. The second-order valence-electron chi connectivity index (χ2n) is 10.2. The van der Waals surface area contributed by atoms with Crippen LogP contribution in [0, 0.1) is 0 Å². The van der Waals surface area contributed by atoms with Crippen LogP contribution in [0.2, 0.25) is 0 Å². The van der Waals surface area contributed by atoms with Gasteiger partial charge in [-0.25, -0.2) is 35.8 Å². The molecule has 0 fully saturated rings. The van der Waals surface area contributed by atoms with Crippen molar-refractivity contribution in [2.75, 3.05) is 52.4 Å². The molecule has 11 nitrogen and oxygen atoms in total. The zero-order valence-electron chi connectivity index (χ0n) is 29.0. The number of amidine groups is 2. The van der Waals surface area contributed by atoms with Crippen LogP contribution in [0.25, 0.3) is 0 Å². The molecule has 0 rings (SSSR count). The molecule has 0 unspecified atom stereocenters. The van der Waals surface area contributed by atoms with Gasteiger partial charge in [-0.3, -0.25) is 0 Å². The van der Waals surface area contributed by atoms with E-state index in [4.69, 9.17) is 30.7 Å². The predicted octanol–water partition coefficient (Wildman–Crippen LogP) is 5.73. The van der Waals surface area contributed by atoms with Gasteiger partial charge >= 0.3 is 23.1 Å². The molecule has 0 aliphatic heterocycles. The van der Waals surface area contributed by atoms with Crippen molar-refractivity contribution in [2.24, 2.45) is 0 Å². The molecule has 0 radical (unpaired) electrons. The van der Waals surface area contributed by atoms with E-state index in [1.807, 2.05) is 0 Å². The van der Waals surface area contributed by atoms with Crippen molar-refractivity contribution in [3.8, 4) is 0 Å². The van der Waals surface area contributed by atoms with Crippen molar-refractivity contribution in [2.45, 2.75) is 118 Å². The Balaban J connectivity index is -0.000000983. The van der Waals surface area contributed by atoms with Gasteiger partial charge in [0.2, 0.25) is 0 Å². The zero-order valence-corrected chi connectivity index (χ0v) is 30.7. The van der Waals surface area contributed by atoms with Crippen molar-refractivity contribution in [3.63, 3.8) is 0 Å². The van der Waals surface area contributed by atoms with Crippen LogP contribution in [0.3, 0.4) is 0 Å². The average molecular weight is 739 g/mol. The van der Waals surface area contributed by atoms with Gasteiger partial charge in [-0.15, -0.1) is 0 Å². The fraction of sp³-hybridized carbons (Fsp3) is 0.929. The summed E-state index contributed by atoms with van der Waals surface area (Å²) in [7, 11) is -12.2. The Morgan fingerprint density at radius 1 is 0.532 bits per heavy atom. The molecule has 0 amide bonds. The summed E-state index contributed by atoms with van der Waals surface area (Å²) in [4.78, 5) is 4.82. The lowest BCUT2D eigenvalue weighted by Crippen LogP contribution is -2.48. The summed E-state index contributed by atoms with van der Waals surface area (Å²) in [6.07, 6.45) is 9.64. The summed E-state index contributed by atoms with van der Waals surface area (Å²) in [5.41, 5.74) is -11.3. The van der Waals surface area contributed by atoms with Crippen LogP contribution in [-0.4, -0.2) is 120 Å². The lowest BCUT2D eigenvalue weighted by molar-refractivity contribution is -0.553. The van der Waals surface area contributed by atoms with Gasteiger partial charge in [0.05, 0.1) is 52.4 Å². The summed E-state index contributed by atoms with van der Waals surface area (Å²) in [6.45, 7) is 26.2. The summed E-state index contributed by atoms with van der Waals surface area (Å²) in [5, 5.41) is 0. The van der Waals surface area contributed by atoms with Gasteiger partial charge in [0.25, 0.3) is 0 Å². The molecule has 0 bridgehead atoms. The van der Waals surface area contributed by atoms with Gasteiger partial charge < -0.3 is 13.8 Å². The molecule has 0 aromatic rings. The molecule has 0 aliphatic carbocycles. The second-order valence-corrected chi connectivity index (χ2v) is 12.9. The molecule has 0 aliphatic rings. The molecule has 47 heavy (non-hydrogen) atoms. The van der Waals surface area contributed by atoms with E-state index in [0.29, 0.717) is 0 Å². The van der Waals surface area contributed by atoms with E-state index in [1.54, 1.807) is 0 Å². The smallest absolute Gasteiger partial charge is 0.485 e. The van der Waals surface area contributed by atoms with Crippen molar-refractivity contribution < 1.29 is 66.2 Å². The van der Waals surface area contributed by atoms with Gasteiger partial charge in [0.1, 0.15) is 0 Å². The summed E-state index contributed by atoms with van der Waals surface area (Å²) >= 11 is 0. The van der Waals surface area contributed by atoms with Crippen LogP contribution in [0.1, 0.15) is 107 Å². The van der Waals surface area contributed by atoms with Gasteiger partial charge in [-0.05, 0) is 53.4 Å². The maximum atomic E-state index is 10.7. The van der Waals surface area contributed by atoms with Gasteiger partial charge in [-0.2, -0.15) is 26.3 Å². The Labute approximate surface area is 278 Å². The molecule has 0 aromatic heterocycles.